The SMILES string of the molecule is ClCCC(Cl)=COc1ccccc1C1=CC2=CC3=NC(=CC4=NC(=CC5=NC(=C(c6ccccc6OC=C(Cl)CCCl)C1=N2)C(c1ccccc1OC=C(Cl)CCCl)=C5c1ccccc1OC=C(Cl)CCCl)C=C4)C=C3.[H-].[H-].[Mg+2]. The number of ether oxygens (including phenoxy) is 4. The Morgan fingerprint density at radius 2 is 0.779 bits per heavy atom. The molecule has 5 heterocycles. The molecular weight excluding hydrogens is 1150 g/mol. The molecule has 0 fully saturated rings. The van der Waals surface area contributed by atoms with Gasteiger partial charge in [-0.25, -0.2) is 20.0 Å². The van der Waals surface area contributed by atoms with Gasteiger partial charge in [0, 0.05) is 68.1 Å². The van der Waals surface area contributed by atoms with Gasteiger partial charge in [0.15, 0.2) is 0 Å². The summed E-state index contributed by atoms with van der Waals surface area (Å²) in [5.41, 5.74) is 9.91. The Morgan fingerprint density at radius 1 is 0.403 bits per heavy atom. The van der Waals surface area contributed by atoms with Crippen LogP contribution in [0, 0.1) is 0 Å². The fourth-order valence-electron chi connectivity index (χ4n) is 8.35. The van der Waals surface area contributed by atoms with Crippen LogP contribution in [0.15, 0.2) is 234 Å². The quantitative estimate of drug-likeness (QED) is 0.0501. The van der Waals surface area contributed by atoms with Crippen molar-refractivity contribution in [3.8, 4) is 23.0 Å². The Bertz CT molecular complexity index is 3490. The van der Waals surface area contributed by atoms with Crippen molar-refractivity contribution < 1.29 is 21.8 Å². The summed E-state index contributed by atoms with van der Waals surface area (Å²) in [6.45, 7) is 0. The number of benzene rings is 4. The number of rotatable bonds is 20. The van der Waals surface area contributed by atoms with E-state index in [1.165, 1.54) is 25.0 Å². The summed E-state index contributed by atoms with van der Waals surface area (Å²) in [6.07, 6.45) is 23.1. The Morgan fingerprint density at radius 3 is 1.23 bits per heavy atom. The summed E-state index contributed by atoms with van der Waals surface area (Å²) in [4.78, 5) is 21.3. The van der Waals surface area contributed by atoms with E-state index >= 15 is 0 Å². The molecule has 388 valence electrons. The number of hydrogen-bond donors (Lipinski definition) is 0. The number of halogens is 8. The van der Waals surface area contributed by atoms with E-state index in [0.29, 0.717) is 183 Å². The summed E-state index contributed by atoms with van der Waals surface area (Å²) in [6, 6.07) is 30.6. The molecule has 4 aromatic rings. The van der Waals surface area contributed by atoms with Crippen molar-refractivity contribution in [3.05, 3.63) is 236 Å². The van der Waals surface area contributed by atoms with Gasteiger partial charge in [0.25, 0.3) is 0 Å². The number of allylic oxidation sites excluding steroid dienone is 16. The second kappa shape index (κ2) is 28.0. The number of alkyl halides is 4. The van der Waals surface area contributed by atoms with Crippen molar-refractivity contribution >= 4 is 161 Å². The zero-order valence-electron chi connectivity index (χ0n) is 43.0. The molecule has 0 atom stereocenters. The summed E-state index contributed by atoms with van der Waals surface area (Å²) in [7, 11) is 0. The van der Waals surface area contributed by atoms with Crippen molar-refractivity contribution in [1.82, 2.24) is 0 Å². The molecule has 5 aliphatic heterocycles. The van der Waals surface area contributed by atoms with Crippen LogP contribution < -0.4 is 18.9 Å². The predicted molar refractivity (Wildman–Crippen MR) is 327 cm³/mol. The average molecular weight is 1190 g/mol. The van der Waals surface area contributed by atoms with E-state index in [4.69, 9.17) is 132 Å². The van der Waals surface area contributed by atoms with Gasteiger partial charge in [0.05, 0.1) is 65.8 Å². The first-order chi connectivity index (χ1) is 37.1. The third-order valence-corrected chi connectivity index (χ3v) is 13.6. The topological polar surface area (TPSA) is 86.4 Å². The van der Waals surface area contributed by atoms with Gasteiger partial charge in [0.2, 0.25) is 0 Å². The Balaban J connectivity index is 0.00000336. The Labute approximate surface area is 506 Å². The zero-order chi connectivity index (χ0) is 53.0. The van der Waals surface area contributed by atoms with Gasteiger partial charge in [-0.05, 0) is 98.6 Å². The van der Waals surface area contributed by atoms with E-state index in [-0.39, 0.29) is 25.9 Å². The molecular formula is C60H46Cl8MgN4O4. The maximum absolute atomic E-state index is 6.71. The molecule has 17 heteroatoms. The minimum absolute atomic E-state index is 0. The second-order valence-corrected chi connectivity index (χ2v) is 20.4. The smallest absolute Gasteiger partial charge is 1.00 e. The van der Waals surface area contributed by atoms with Crippen LogP contribution in [0.3, 0.4) is 0 Å². The Hall–Kier alpha value is -5.27. The van der Waals surface area contributed by atoms with Crippen molar-refractivity contribution in [2.24, 2.45) is 20.0 Å². The van der Waals surface area contributed by atoms with E-state index in [1.807, 2.05) is 146 Å². The van der Waals surface area contributed by atoms with E-state index in [0.717, 1.165) is 0 Å². The van der Waals surface area contributed by atoms with Gasteiger partial charge < -0.3 is 21.8 Å². The zero-order valence-corrected chi connectivity index (χ0v) is 48.4. The van der Waals surface area contributed by atoms with Gasteiger partial charge in [-0.15, -0.1) is 46.4 Å². The molecule has 0 amide bonds. The first-order valence-corrected chi connectivity index (χ1v) is 27.5. The largest absolute Gasteiger partial charge is 2.00 e. The monoisotopic (exact) mass is 1190 g/mol. The third-order valence-electron chi connectivity index (χ3n) is 11.7. The maximum Gasteiger partial charge on any atom is 2.00 e. The summed E-state index contributed by atoms with van der Waals surface area (Å²) in [5.74, 6) is 3.07. The molecule has 0 aliphatic carbocycles. The van der Waals surface area contributed by atoms with Crippen LogP contribution >= 0.6 is 92.8 Å². The molecule has 0 N–H and O–H groups in total. The van der Waals surface area contributed by atoms with Crippen molar-refractivity contribution in [2.45, 2.75) is 25.7 Å². The van der Waals surface area contributed by atoms with Gasteiger partial charge in [-0.1, -0.05) is 119 Å². The number of aliphatic imine (C=N–C) groups is 4. The Kier molecular flexibility index (Phi) is 21.1. The van der Waals surface area contributed by atoms with Gasteiger partial charge in [-0.3, -0.25) is 0 Å². The molecule has 0 spiro atoms. The molecule has 9 rings (SSSR count). The van der Waals surface area contributed by atoms with Crippen LogP contribution in [0.2, 0.25) is 0 Å². The van der Waals surface area contributed by atoms with Crippen LogP contribution in [-0.2, 0) is 0 Å². The molecule has 8 nitrogen and oxygen atoms in total. The normalized spacial score (nSPS) is 16.3. The van der Waals surface area contributed by atoms with E-state index in [2.05, 4.69) is 0 Å². The average Bonchev–Trinajstić information content (AvgIpc) is 4.41. The molecule has 5 aliphatic rings. The van der Waals surface area contributed by atoms with Crippen LogP contribution in [0.1, 0.15) is 50.8 Å². The van der Waals surface area contributed by atoms with Gasteiger partial charge in [0.1, 0.15) is 48.0 Å². The molecule has 0 saturated carbocycles. The summed E-state index contributed by atoms with van der Waals surface area (Å²) >= 11 is 51.2. The minimum Gasteiger partial charge on any atom is -1.00 e. The maximum atomic E-state index is 6.71. The first kappa shape index (κ1) is 57.9. The molecule has 0 radical (unpaired) electrons. The number of fused-ring (bicyclic) bond motifs is 4. The minimum atomic E-state index is 0. The van der Waals surface area contributed by atoms with Gasteiger partial charge in [-0.2, -0.15) is 0 Å². The standard InChI is InChI=1S/C60H44Cl8N4O4.Mg.2H/c61-25-21-37(65)33-73-52-13-5-1-9-46(52)50-31-45-30-43-18-17-41(69-43)29-42-19-20-44(70-42)32-51-56(47-10-2-6-14-53(47)74-34-38(66)22-26-62)57(48-11-3-7-15-54(48)75-35-39(67)23-27-63)60(72-51)58(59(50)71-45)49-12-4-8-16-55(49)76-36-40(68)24-28-64;;;/h1-20,29-36H,21-28H2;;;/q;+2;2*-1. The number of para-hydroxylation sites is 4. The van der Waals surface area contributed by atoms with Crippen molar-refractivity contribution in [3.63, 3.8) is 0 Å². The number of hydrogen-bond acceptors (Lipinski definition) is 8. The molecule has 0 saturated heterocycles. The van der Waals surface area contributed by atoms with Crippen LogP contribution in [0.5, 0.6) is 23.0 Å². The summed E-state index contributed by atoms with van der Waals surface area (Å²) < 4.78 is 26.0. The first-order valence-electron chi connectivity index (χ1n) is 23.9. The van der Waals surface area contributed by atoms with E-state index in [9.17, 15) is 0 Å². The summed E-state index contributed by atoms with van der Waals surface area (Å²) in [5, 5.41) is 1.72. The molecule has 8 bridgehead atoms. The van der Waals surface area contributed by atoms with Crippen LogP contribution in [0.4, 0.5) is 0 Å². The molecule has 0 unspecified atom stereocenters. The third kappa shape index (κ3) is 14.3. The fourth-order valence-corrected chi connectivity index (χ4v) is 10.1. The molecule has 77 heavy (non-hydrogen) atoms. The molecule has 0 aromatic heterocycles. The second-order valence-electron chi connectivity index (χ2n) is 16.9. The van der Waals surface area contributed by atoms with E-state index < -0.39 is 0 Å². The van der Waals surface area contributed by atoms with Crippen molar-refractivity contribution in [2.75, 3.05) is 23.5 Å². The van der Waals surface area contributed by atoms with Gasteiger partial charge >= 0.3 is 23.1 Å². The van der Waals surface area contributed by atoms with E-state index in [1.54, 1.807) is 0 Å². The molecule has 4 aromatic carbocycles. The predicted octanol–water partition coefficient (Wildman–Crippen LogP) is 17.9. The van der Waals surface area contributed by atoms with Crippen LogP contribution in [-0.4, -0.2) is 69.4 Å². The fraction of sp³-hybridized carbons (Fsp3) is 0.133. The number of nitrogens with zero attached hydrogens (tertiary/aromatic N) is 4. The van der Waals surface area contributed by atoms with Crippen molar-refractivity contribution in [1.29, 1.82) is 0 Å². The van der Waals surface area contributed by atoms with Crippen LogP contribution in [0.25, 0.3) is 22.3 Å².